The van der Waals surface area contributed by atoms with Crippen LogP contribution in [-0.4, -0.2) is 62.8 Å². The van der Waals surface area contributed by atoms with Gasteiger partial charge in [-0.2, -0.15) is 0 Å². The van der Waals surface area contributed by atoms with Crippen molar-refractivity contribution in [3.05, 3.63) is 83.9 Å². The molecule has 2 N–H and O–H groups in total. The van der Waals surface area contributed by atoms with Gasteiger partial charge in [0.2, 0.25) is 0 Å². The number of carbonyl (C=O) groups is 2. The molecule has 0 fully saturated rings. The van der Waals surface area contributed by atoms with Gasteiger partial charge in [-0.3, -0.25) is 0 Å². The van der Waals surface area contributed by atoms with Gasteiger partial charge in [-0.25, -0.2) is 9.59 Å². The fourth-order valence-electron chi connectivity index (χ4n) is 5.98. The number of rotatable bonds is 10. The molecule has 0 amide bonds. The van der Waals surface area contributed by atoms with E-state index >= 15 is 0 Å². The van der Waals surface area contributed by atoms with Crippen LogP contribution in [0.4, 0.5) is 0 Å². The van der Waals surface area contributed by atoms with Gasteiger partial charge in [0.25, 0.3) is 0 Å². The summed E-state index contributed by atoms with van der Waals surface area (Å²) in [5.74, 6) is 1.49. The van der Waals surface area contributed by atoms with Crippen LogP contribution in [0.5, 0.6) is 34.5 Å². The molecule has 0 aliphatic carbocycles. The smallest absolute Gasteiger partial charge is 0.336 e. The highest BCUT2D eigenvalue weighted by Gasteiger charge is 2.19. The van der Waals surface area contributed by atoms with E-state index in [2.05, 4.69) is 0 Å². The largest absolute Gasteiger partial charge is 0.493 e. The molecule has 260 valence electrons. The predicted molar refractivity (Wildman–Crippen MR) is 195 cm³/mol. The van der Waals surface area contributed by atoms with Crippen molar-refractivity contribution in [2.45, 2.75) is 39.9 Å². The Labute approximate surface area is 289 Å². The number of ether oxygens (including phenoxy) is 6. The third-order valence-corrected chi connectivity index (χ3v) is 8.08. The lowest BCUT2D eigenvalue weighted by Gasteiger charge is -2.16. The van der Waals surface area contributed by atoms with Crippen LogP contribution in [0.15, 0.2) is 72.8 Å². The molecule has 0 heterocycles. The van der Waals surface area contributed by atoms with Crippen molar-refractivity contribution in [2.24, 2.45) is 0 Å². The first-order chi connectivity index (χ1) is 23.9. The molecule has 0 aliphatic heterocycles. The maximum Gasteiger partial charge on any atom is 0.336 e. The Morgan fingerprint density at radius 1 is 0.480 bits per heavy atom. The summed E-state index contributed by atoms with van der Waals surface area (Å²) in [5, 5.41) is 25.4. The molecular formula is C40H40O10. The molecule has 0 radical (unpaired) electrons. The molecule has 6 aromatic carbocycles. The minimum absolute atomic E-state index is 0.0139. The van der Waals surface area contributed by atoms with Crippen molar-refractivity contribution >= 4 is 55.0 Å². The van der Waals surface area contributed by atoms with Crippen LogP contribution in [0.3, 0.4) is 0 Å². The Hall–Kier alpha value is -5.90. The Kier molecular flexibility index (Phi) is 10.4. The lowest BCUT2D eigenvalue weighted by Crippen LogP contribution is -2.06. The highest BCUT2D eigenvalue weighted by Crippen LogP contribution is 2.41. The third-order valence-electron chi connectivity index (χ3n) is 8.08. The van der Waals surface area contributed by atoms with Crippen LogP contribution < -0.4 is 28.4 Å². The van der Waals surface area contributed by atoms with E-state index < -0.39 is 11.9 Å². The topological polar surface area (TPSA) is 130 Å². The summed E-state index contributed by atoms with van der Waals surface area (Å²) in [5.41, 5.74) is 0.421. The first-order valence-corrected chi connectivity index (χ1v) is 15.9. The van der Waals surface area contributed by atoms with E-state index in [1.165, 1.54) is 14.2 Å². The zero-order valence-electron chi connectivity index (χ0n) is 29.2. The van der Waals surface area contributed by atoms with E-state index in [1.54, 1.807) is 38.5 Å². The van der Waals surface area contributed by atoms with Gasteiger partial charge in [-0.05, 0) is 109 Å². The van der Waals surface area contributed by atoms with Gasteiger partial charge < -0.3 is 38.6 Å². The third kappa shape index (κ3) is 6.96. The number of benzene rings is 6. The maximum atomic E-state index is 11.8. The SMILES string of the molecule is COc1cc2c(C(=O)O)cc3c(OC(C)C)cccc3c2cc1OC.COc1cc2c(C(=O)O)cc3ccc(OC(C)C)cc3c2cc1OC. The molecule has 0 aliphatic rings. The molecule has 6 rings (SSSR count). The van der Waals surface area contributed by atoms with Crippen LogP contribution in [0.1, 0.15) is 48.4 Å². The molecule has 0 atom stereocenters. The molecular weight excluding hydrogens is 640 g/mol. The van der Waals surface area contributed by atoms with Crippen LogP contribution in [0.2, 0.25) is 0 Å². The van der Waals surface area contributed by atoms with E-state index in [1.807, 2.05) is 76.2 Å². The molecule has 0 unspecified atom stereocenters. The minimum Gasteiger partial charge on any atom is -0.493 e. The predicted octanol–water partition coefficient (Wildman–Crippen LogP) is 8.99. The monoisotopic (exact) mass is 680 g/mol. The minimum atomic E-state index is -1.00. The second-order valence-electron chi connectivity index (χ2n) is 12.0. The van der Waals surface area contributed by atoms with Crippen LogP contribution in [0, 0.1) is 0 Å². The van der Waals surface area contributed by atoms with Crippen LogP contribution in [-0.2, 0) is 0 Å². The summed E-state index contributed by atoms with van der Waals surface area (Å²) in [6, 6.07) is 21.7. The number of carboxylic acids is 2. The van der Waals surface area contributed by atoms with E-state index in [4.69, 9.17) is 28.4 Å². The van der Waals surface area contributed by atoms with E-state index in [9.17, 15) is 19.8 Å². The lowest BCUT2D eigenvalue weighted by molar-refractivity contribution is 0.0688. The molecule has 50 heavy (non-hydrogen) atoms. The fraction of sp³-hybridized carbons (Fsp3) is 0.250. The Balaban J connectivity index is 0.000000194. The fourth-order valence-corrected chi connectivity index (χ4v) is 5.98. The number of methoxy groups -OCH3 is 4. The van der Waals surface area contributed by atoms with Gasteiger partial charge in [0.15, 0.2) is 23.0 Å². The van der Waals surface area contributed by atoms with Crippen molar-refractivity contribution in [3.8, 4) is 34.5 Å². The summed E-state index contributed by atoms with van der Waals surface area (Å²) >= 11 is 0. The second-order valence-corrected chi connectivity index (χ2v) is 12.0. The molecule has 0 aromatic heterocycles. The number of aromatic carboxylic acids is 2. The van der Waals surface area contributed by atoms with Gasteiger partial charge in [0.1, 0.15) is 11.5 Å². The van der Waals surface area contributed by atoms with Gasteiger partial charge >= 0.3 is 11.9 Å². The van der Waals surface area contributed by atoms with Gasteiger partial charge in [-0.1, -0.05) is 18.2 Å². The summed E-state index contributed by atoms with van der Waals surface area (Å²) in [6.45, 7) is 7.80. The Bertz CT molecular complexity index is 2180. The number of hydrogen-bond acceptors (Lipinski definition) is 8. The Morgan fingerprint density at radius 3 is 1.44 bits per heavy atom. The molecule has 0 saturated carbocycles. The Morgan fingerprint density at radius 2 is 0.960 bits per heavy atom. The molecule has 10 nitrogen and oxygen atoms in total. The summed E-state index contributed by atoms with van der Waals surface area (Å²) in [6.07, 6.45) is 0.0385. The highest BCUT2D eigenvalue weighted by atomic mass is 16.5. The average molecular weight is 681 g/mol. The average Bonchev–Trinajstić information content (AvgIpc) is 3.09. The summed E-state index contributed by atoms with van der Waals surface area (Å²) < 4.78 is 33.1. The van der Waals surface area contributed by atoms with E-state index in [-0.39, 0.29) is 23.3 Å². The van der Waals surface area contributed by atoms with E-state index in [0.717, 1.165) is 38.1 Å². The molecule has 6 aromatic rings. The highest BCUT2D eigenvalue weighted by molar-refractivity contribution is 6.18. The maximum absolute atomic E-state index is 11.8. The second kappa shape index (κ2) is 14.7. The number of hydrogen-bond donors (Lipinski definition) is 2. The van der Waals surface area contributed by atoms with Crippen molar-refractivity contribution in [1.29, 1.82) is 0 Å². The zero-order chi connectivity index (χ0) is 36.3. The normalized spacial score (nSPS) is 11.1. The van der Waals surface area contributed by atoms with E-state index in [0.29, 0.717) is 39.5 Å². The number of fused-ring (bicyclic) bond motifs is 6. The standard InChI is InChI=1S/2C20H20O5/c1-11(2)25-13-6-5-12-7-17(20(21)22)16-10-19(24-4)18(23-3)9-15(16)14(12)8-13;1-11(2)25-17-7-5-6-12-13-9-18(23-3)19(24-4)10-14(13)16(20(21)22)8-15(12)17/h2*5-11H,1-4H3,(H,21,22). The lowest BCUT2D eigenvalue weighted by atomic mass is 9.96. The van der Waals surface area contributed by atoms with Crippen molar-refractivity contribution in [3.63, 3.8) is 0 Å². The zero-order valence-corrected chi connectivity index (χ0v) is 29.2. The van der Waals surface area contributed by atoms with Gasteiger partial charge in [0, 0.05) is 16.2 Å². The quantitative estimate of drug-likeness (QED) is 0.135. The first kappa shape index (κ1) is 35.4. The molecule has 0 bridgehead atoms. The number of carboxylic acid groups (broad SMARTS) is 2. The molecule has 10 heteroatoms. The first-order valence-electron chi connectivity index (χ1n) is 15.9. The summed E-state index contributed by atoms with van der Waals surface area (Å²) in [4.78, 5) is 23.6. The van der Waals surface area contributed by atoms with Crippen molar-refractivity contribution < 1.29 is 48.2 Å². The van der Waals surface area contributed by atoms with Crippen LogP contribution >= 0.6 is 0 Å². The molecule has 0 saturated heterocycles. The van der Waals surface area contributed by atoms with Crippen molar-refractivity contribution in [2.75, 3.05) is 28.4 Å². The van der Waals surface area contributed by atoms with Crippen molar-refractivity contribution in [1.82, 2.24) is 0 Å². The van der Waals surface area contributed by atoms with Gasteiger partial charge in [-0.15, -0.1) is 0 Å². The van der Waals surface area contributed by atoms with Crippen LogP contribution in [0.25, 0.3) is 43.1 Å². The summed E-state index contributed by atoms with van der Waals surface area (Å²) in [7, 11) is 6.17. The molecule has 0 spiro atoms. The van der Waals surface area contributed by atoms with Gasteiger partial charge in [0.05, 0.1) is 51.8 Å².